The van der Waals surface area contributed by atoms with Gasteiger partial charge in [0, 0.05) is 10.7 Å². The van der Waals surface area contributed by atoms with Gasteiger partial charge in [-0.15, -0.1) is 0 Å². The van der Waals surface area contributed by atoms with Gasteiger partial charge in [-0.05, 0) is 50.5 Å². The number of carbonyl (C=O) groups is 1. The number of benzene rings is 1. The maximum Gasteiger partial charge on any atom is 0.284 e. The Bertz CT molecular complexity index is 772. The highest BCUT2D eigenvalue weighted by molar-refractivity contribution is 6.35. The molecule has 1 heterocycles. The zero-order chi connectivity index (χ0) is 19.8. The van der Waals surface area contributed by atoms with Gasteiger partial charge >= 0.3 is 0 Å². The Morgan fingerprint density at radius 2 is 1.81 bits per heavy atom. The summed E-state index contributed by atoms with van der Waals surface area (Å²) < 4.78 is 7.00. The van der Waals surface area contributed by atoms with Crippen LogP contribution in [-0.4, -0.2) is 22.3 Å². The van der Waals surface area contributed by atoms with Crippen LogP contribution in [0.1, 0.15) is 67.2 Å². The molecule has 0 aliphatic rings. The average molecular weight is 411 g/mol. The van der Waals surface area contributed by atoms with Crippen molar-refractivity contribution in [3.8, 4) is 5.75 Å². The van der Waals surface area contributed by atoms with Crippen LogP contribution in [0, 0.1) is 13.8 Å². The van der Waals surface area contributed by atoms with Gasteiger partial charge in [0.15, 0.2) is 6.61 Å². The Morgan fingerprint density at radius 1 is 1.11 bits per heavy atom. The number of halogens is 2. The van der Waals surface area contributed by atoms with Gasteiger partial charge in [0.05, 0.1) is 10.7 Å². The zero-order valence-electron chi connectivity index (χ0n) is 16.4. The molecule has 1 aromatic carbocycles. The number of hydrogen-bond donors (Lipinski definition) is 0. The summed E-state index contributed by atoms with van der Waals surface area (Å²) >= 11 is 12.0. The van der Waals surface area contributed by atoms with Crippen molar-refractivity contribution in [2.75, 3.05) is 6.61 Å². The van der Waals surface area contributed by atoms with Gasteiger partial charge in [-0.25, -0.2) is 4.68 Å². The van der Waals surface area contributed by atoms with Gasteiger partial charge in [0.1, 0.15) is 5.75 Å². The van der Waals surface area contributed by atoms with E-state index in [4.69, 9.17) is 27.9 Å². The molecule has 148 valence electrons. The summed E-state index contributed by atoms with van der Waals surface area (Å²) in [7, 11) is 0. The van der Waals surface area contributed by atoms with Crippen LogP contribution in [0.15, 0.2) is 18.2 Å². The molecule has 1 aromatic heterocycles. The highest BCUT2D eigenvalue weighted by atomic mass is 35.5. The first-order valence-corrected chi connectivity index (χ1v) is 10.4. The third-order valence-electron chi connectivity index (χ3n) is 4.70. The third kappa shape index (κ3) is 6.25. The first-order chi connectivity index (χ1) is 12.9. The molecule has 0 unspecified atom stereocenters. The maximum atomic E-state index is 12.5. The fourth-order valence-corrected chi connectivity index (χ4v) is 3.62. The highest BCUT2D eigenvalue weighted by Gasteiger charge is 2.17. The van der Waals surface area contributed by atoms with Crippen molar-refractivity contribution in [2.45, 2.75) is 65.7 Å². The van der Waals surface area contributed by atoms with Gasteiger partial charge in [-0.3, -0.25) is 4.79 Å². The number of ether oxygens (including phenoxy) is 1. The molecule has 2 rings (SSSR count). The topological polar surface area (TPSA) is 44.1 Å². The number of hydrogen-bond acceptors (Lipinski definition) is 3. The molecule has 6 heteroatoms. The van der Waals surface area contributed by atoms with E-state index in [1.807, 2.05) is 13.8 Å². The Hall–Kier alpha value is -1.52. The molecule has 0 amide bonds. The van der Waals surface area contributed by atoms with Crippen LogP contribution in [0.2, 0.25) is 10.0 Å². The van der Waals surface area contributed by atoms with E-state index in [0.29, 0.717) is 15.8 Å². The third-order valence-corrected chi connectivity index (χ3v) is 5.23. The molecule has 0 N–H and O–H groups in total. The minimum absolute atomic E-state index is 0.125. The van der Waals surface area contributed by atoms with E-state index < -0.39 is 0 Å². The van der Waals surface area contributed by atoms with E-state index in [2.05, 4.69) is 12.0 Å². The van der Waals surface area contributed by atoms with Crippen molar-refractivity contribution in [3.05, 3.63) is 45.2 Å². The quantitative estimate of drug-likeness (QED) is 0.423. The average Bonchev–Trinajstić information content (AvgIpc) is 2.91. The molecule has 0 spiro atoms. The second kappa shape index (κ2) is 10.7. The van der Waals surface area contributed by atoms with Gasteiger partial charge in [-0.2, -0.15) is 5.10 Å². The predicted octanol–water partition coefficient (Wildman–Crippen LogP) is 6.43. The number of unbranched alkanes of at least 4 members (excludes halogenated alkanes) is 5. The normalized spacial score (nSPS) is 11.0. The SMILES string of the molecule is CCCCCCCCc1c(C)nn(C(=O)COc2ccc(Cl)cc2Cl)c1C. The van der Waals surface area contributed by atoms with Crippen LogP contribution in [0.25, 0.3) is 0 Å². The van der Waals surface area contributed by atoms with E-state index in [-0.39, 0.29) is 12.5 Å². The van der Waals surface area contributed by atoms with Crippen molar-refractivity contribution in [1.82, 2.24) is 9.78 Å². The molecule has 0 bridgehead atoms. The molecule has 4 nitrogen and oxygen atoms in total. The minimum Gasteiger partial charge on any atom is -0.482 e. The van der Waals surface area contributed by atoms with Crippen LogP contribution in [0.3, 0.4) is 0 Å². The molecule has 2 aromatic rings. The van der Waals surface area contributed by atoms with Crippen molar-refractivity contribution in [3.63, 3.8) is 0 Å². The van der Waals surface area contributed by atoms with Crippen molar-refractivity contribution < 1.29 is 9.53 Å². The molecule has 0 aliphatic heterocycles. The molecule has 0 radical (unpaired) electrons. The lowest BCUT2D eigenvalue weighted by Gasteiger charge is -2.09. The smallest absolute Gasteiger partial charge is 0.284 e. The lowest BCUT2D eigenvalue weighted by atomic mass is 10.0. The molecular formula is C21H28Cl2N2O2. The highest BCUT2D eigenvalue weighted by Crippen LogP contribution is 2.27. The molecular weight excluding hydrogens is 383 g/mol. The van der Waals surface area contributed by atoms with Gasteiger partial charge in [0.25, 0.3) is 5.91 Å². The van der Waals surface area contributed by atoms with Crippen molar-refractivity contribution >= 4 is 29.1 Å². The summed E-state index contributed by atoms with van der Waals surface area (Å²) in [6.07, 6.45) is 8.45. The van der Waals surface area contributed by atoms with Crippen LogP contribution < -0.4 is 4.74 Å². The summed E-state index contributed by atoms with van der Waals surface area (Å²) in [5, 5.41) is 5.33. The predicted molar refractivity (Wildman–Crippen MR) is 111 cm³/mol. The van der Waals surface area contributed by atoms with Crippen LogP contribution in [-0.2, 0) is 6.42 Å². The van der Waals surface area contributed by atoms with Crippen molar-refractivity contribution in [2.24, 2.45) is 0 Å². The number of nitrogens with zero attached hydrogens (tertiary/aromatic N) is 2. The largest absolute Gasteiger partial charge is 0.482 e. The summed E-state index contributed by atoms with van der Waals surface area (Å²) in [4.78, 5) is 12.5. The second-order valence-corrected chi connectivity index (χ2v) is 7.68. The summed E-state index contributed by atoms with van der Waals surface area (Å²) in [6, 6.07) is 4.92. The van der Waals surface area contributed by atoms with Crippen LogP contribution in [0.5, 0.6) is 5.75 Å². The van der Waals surface area contributed by atoms with Gasteiger partial charge in [-0.1, -0.05) is 62.2 Å². The van der Waals surface area contributed by atoms with E-state index in [1.165, 1.54) is 42.3 Å². The molecule has 0 aliphatic carbocycles. The fraction of sp³-hybridized carbons (Fsp3) is 0.524. The lowest BCUT2D eigenvalue weighted by Crippen LogP contribution is -2.22. The monoisotopic (exact) mass is 410 g/mol. The van der Waals surface area contributed by atoms with Gasteiger partial charge in [0.2, 0.25) is 0 Å². The number of aromatic nitrogens is 2. The molecule has 0 saturated carbocycles. The van der Waals surface area contributed by atoms with Crippen LogP contribution >= 0.6 is 23.2 Å². The zero-order valence-corrected chi connectivity index (χ0v) is 17.9. The van der Waals surface area contributed by atoms with Crippen molar-refractivity contribution in [1.29, 1.82) is 0 Å². The van der Waals surface area contributed by atoms with E-state index in [1.54, 1.807) is 18.2 Å². The fourth-order valence-electron chi connectivity index (χ4n) is 3.15. The first-order valence-electron chi connectivity index (χ1n) is 9.60. The Morgan fingerprint density at radius 3 is 2.52 bits per heavy atom. The molecule has 27 heavy (non-hydrogen) atoms. The summed E-state index contributed by atoms with van der Waals surface area (Å²) in [6.45, 7) is 6.00. The van der Waals surface area contributed by atoms with Crippen LogP contribution in [0.4, 0.5) is 0 Å². The standard InChI is InChI=1S/C21H28Cl2N2O2/c1-4-5-6-7-8-9-10-18-15(2)24-25(16(18)3)21(26)14-27-20-12-11-17(22)13-19(20)23/h11-13H,4-10,14H2,1-3H3. The number of rotatable bonds is 10. The first kappa shape index (κ1) is 21.8. The molecule has 0 atom stereocenters. The van der Waals surface area contributed by atoms with E-state index in [9.17, 15) is 4.79 Å². The van der Waals surface area contributed by atoms with Gasteiger partial charge < -0.3 is 4.74 Å². The summed E-state index contributed by atoms with van der Waals surface area (Å²) in [5.74, 6) is 0.221. The number of carbonyl (C=O) groups excluding carboxylic acids is 1. The second-order valence-electron chi connectivity index (χ2n) is 6.84. The lowest BCUT2D eigenvalue weighted by molar-refractivity contribution is 0.0818. The Labute approximate surface area is 171 Å². The Balaban J connectivity index is 1.92. The number of aryl methyl sites for hydroxylation is 1. The molecule has 0 saturated heterocycles. The molecule has 0 fully saturated rings. The Kier molecular flexibility index (Phi) is 8.65. The summed E-state index contributed by atoms with van der Waals surface area (Å²) in [5.41, 5.74) is 2.99. The minimum atomic E-state index is -0.212. The maximum absolute atomic E-state index is 12.5. The van der Waals surface area contributed by atoms with E-state index in [0.717, 1.165) is 24.2 Å². The van der Waals surface area contributed by atoms with E-state index >= 15 is 0 Å².